The second kappa shape index (κ2) is 8.02. The molecule has 29 heavy (non-hydrogen) atoms. The van der Waals surface area contributed by atoms with Gasteiger partial charge < -0.3 is 10.0 Å². The van der Waals surface area contributed by atoms with Crippen LogP contribution in [0.15, 0.2) is 91.0 Å². The maximum absolute atomic E-state index is 13.4. The number of carbonyl (C=O) groups excluding carboxylic acids is 2. The van der Waals surface area contributed by atoms with Gasteiger partial charge in [-0.2, -0.15) is 0 Å². The average Bonchev–Trinajstić information content (AvgIpc) is 2.76. The second-order valence-corrected chi connectivity index (χ2v) is 7.41. The van der Waals surface area contributed by atoms with Gasteiger partial charge in [-0.25, -0.2) is 0 Å². The summed E-state index contributed by atoms with van der Waals surface area (Å²) < 4.78 is 0. The smallest absolute Gasteiger partial charge is 0.232 e. The number of rotatable bonds is 6. The predicted octanol–water partition coefficient (Wildman–Crippen LogP) is 3.87. The normalized spacial score (nSPS) is 19.7. The van der Waals surface area contributed by atoms with Gasteiger partial charge in [-0.3, -0.25) is 9.59 Å². The lowest BCUT2D eigenvalue weighted by atomic mass is 9.76. The summed E-state index contributed by atoms with van der Waals surface area (Å²) in [4.78, 5) is 28.1. The number of amides is 1. The van der Waals surface area contributed by atoms with E-state index in [-0.39, 0.29) is 11.7 Å². The molecular weight excluding hydrogens is 362 g/mol. The van der Waals surface area contributed by atoms with E-state index in [2.05, 4.69) is 0 Å². The highest BCUT2D eigenvalue weighted by molar-refractivity contribution is 6.08. The standard InChI is InChI=1S/C25H23NO3/c1-17(27)21-23(24(28)20-15-9-4-10-16-20)26(25(21)29)22(18-11-5-2-6-12-18)19-13-7-3-8-14-19/h2-17,21-23,27H,1H3/t17?,21-,23+/m1/s1. The van der Waals surface area contributed by atoms with Crippen molar-refractivity contribution < 1.29 is 14.7 Å². The van der Waals surface area contributed by atoms with Crippen LogP contribution in [-0.2, 0) is 4.79 Å². The van der Waals surface area contributed by atoms with Crippen molar-refractivity contribution in [2.75, 3.05) is 0 Å². The van der Waals surface area contributed by atoms with Crippen molar-refractivity contribution >= 4 is 11.7 Å². The molecule has 1 amide bonds. The summed E-state index contributed by atoms with van der Waals surface area (Å²) in [6.07, 6.45) is -0.899. The van der Waals surface area contributed by atoms with Gasteiger partial charge in [-0.05, 0) is 18.1 Å². The van der Waals surface area contributed by atoms with E-state index >= 15 is 0 Å². The Labute approximate surface area is 170 Å². The summed E-state index contributed by atoms with van der Waals surface area (Å²) in [6.45, 7) is 1.57. The maximum Gasteiger partial charge on any atom is 0.232 e. The number of β-lactam (4-membered cyclic amide) rings is 1. The third-order valence-corrected chi connectivity index (χ3v) is 5.53. The fourth-order valence-electron chi connectivity index (χ4n) is 4.14. The third-order valence-electron chi connectivity index (χ3n) is 5.53. The Balaban J connectivity index is 1.80. The lowest BCUT2D eigenvalue weighted by Gasteiger charge is -2.51. The molecule has 3 atom stereocenters. The number of hydrogen-bond acceptors (Lipinski definition) is 3. The molecule has 1 heterocycles. The van der Waals surface area contributed by atoms with Gasteiger partial charge in [0, 0.05) is 5.56 Å². The molecule has 0 spiro atoms. The first kappa shape index (κ1) is 19.1. The SMILES string of the molecule is CC(O)[C@H]1C(=O)N(C(c2ccccc2)c2ccccc2)[C@@H]1C(=O)c1ccccc1. The highest BCUT2D eigenvalue weighted by Crippen LogP contribution is 2.42. The van der Waals surface area contributed by atoms with Crippen LogP contribution < -0.4 is 0 Å². The van der Waals surface area contributed by atoms with Gasteiger partial charge in [-0.1, -0.05) is 91.0 Å². The number of nitrogens with zero attached hydrogens (tertiary/aromatic N) is 1. The Morgan fingerprint density at radius 3 is 1.72 bits per heavy atom. The van der Waals surface area contributed by atoms with E-state index in [4.69, 9.17) is 0 Å². The molecule has 3 aromatic carbocycles. The zero-order valence-electron chi connectivity index (χ0n) is 16.2. The van der Waals surface area contributed by atoms with Crippen LogP contribution in [0.5, 0.6) is 0 Å². The zero-order valence-corrected chi connectivity index (χ0v) is 16.2. The molecule has 4 nitrogen and oxygen atoms in total. The fourth-order valence-corrected chi connectivity index (χ4v) is 4.14. The van der Waals surface area contributed by atoms with Gasteiger partial charge in [0.25, 0.3) is 0 Å². The van der Waals surface area contributed by atoms with Crippen molar-refractivity contribution in [1.82, 2.24) is 4.90 Å². The summed E-state index contributed by atoms with van der Waals surface area (Å²) >= 11 is 0. The molecule has 4 heteroatoms. The molecule has 4 rings (SSSR count). The molecule has 1 saturated heterocycles. The van der Waals surface area contributed by atoms with Crippen LogP contribution in [0.2, 0.25) is 0 Å². The molecule has 0 bridgehead atoms. The average molecular weight is 385 g/mol. The number of ketones is 1. The first-order valence-corrected chi connectivity index (χ1v) is 9.79. The van der Waals surface area contributed by atoms with E-state index in [9.17, 15) is 14.7 Å². The van der Waals surface area contributed by atoms with Gasteiger partial charge in [0.15, 0.2) is 5.78 Å². The van der Waals surface area contributed by atoms with Gasteiger partial charge in [-0.15, -0.1) is 0 Å². The topological polar surface area (TPSA) is 57.6 Å². The van der Waals surface area contributed by atoms with E-state index in [0.717, 1.165) is 11.1 Å². The summed E-state index contributed by atoms with van der Waals surface area (Å²) in [5, 5.41) is 10.2. The van der Waals surface area contributed by atoms with Crippen LogP contribution in [0.25, 0.3) is 0 Å². The lowest BCUT2D eigenvalue weighted by molar-refractivity contribution is -0.163. The molecule has 0 radical (unpaired) electrons. The fraction of sp³-hybridized carbons (Fsp3) is 0.200. The van der Waals surface area contributed by atoms with Crippen molar-refractivity contribution in [3.8, 4) is 0 Å². The monoisotopic (exact) mass is 385 g/mol. The second-order valence-electron chi connectivity index (χ2n) is 7.41. The number of aliphatic hydroxyl groups is 1. The molecule has 0 saturated carbocycles. The van der Waals surface area contributed by atoms with Gasteiger partial charge in [0.05, 0.1) is 18.1 Å². The van der Waals surface area contributed by atoms with E-state index in [0.29, 0.717) is 5.56 Å². The van der Waals surface area contributed by atoms with Crippen LogP contribution in [0.3, 0.4) is 0 Å². The number of benzene rings is 3. The Morgan fingerprint density at radius 1 is 0.828 bits per heavy atom. The first-order chi connectivity index (χ1) is 14.1. The van der Waals surface area contributed by atoms with Gasteiger partial charge in [0.2, 0.25) is 5.91 Å². The molecular formula is C25H23NO3. The van der Waals surface area contributed by atoms with Crippen LogP contribution in [0.1, 0.15) is 34.5 Å². The van der Waals surface area contributed by atoms with Crippen molar-refractivity contribution in [3.63, 3.8) is 0 Å². The Bertz CT molecular complexity index is 947. The number of carbonyl (C=O) groups is 2. The Hall–Kier alpha value is -3.24. The van der Waals surface area contributed by atoms with Crippen LogP contribution in [0, 0.1) is 5.92 Å². The zero-order chi connectivity index (χ0) is 20.4. The van der Waals surface area contributed by atoms with E-state index < -0.39 is 24.1 Å². The number of hydrogen-bond donors (Lipinski definition) is 1. The van der Waals surface area contributed by atoms with Crippen LogP contribution >= 0.6 is 0 Å². The highest BCUT2D eigenvalue weighted by Gasteiger charge is 2.56. The summed E-state index contributed by atoms with van der Waals surface area (Å²) in [5.74, 6) is -1.09. The van der Waals surface area contributed by atoms with Crippen molar-refractivity contribution in [3.05, 3.63) is 108 Å². The molecule has 146 valence electrons. The minimum atomic E-state index is -0.899. The van der Waals surface area contributed by atoms with Crippen molar-refractivity contribution in [2.45, 2.75) is 25.1 Å². The minimum Gasteiger partial charge on any atom is -0.392 e. The molecule has 1 aliphatic rings. The van der Waals surface area contributed by atoms with Gasteiger partial charge in [0.1, 0.15) is 6.04 Å². The largest absolute Gasteiger partial charge is 0.392 e. The lowest BCUT2D eigenvalue weighted by Crippen LogP contribution is -2.68. The quantitative estimate of drug-likeness (QED) is 0.518. The molecule has 1 aliphatic heterocycles. The first-order valence-electron chi connectivity index (χ1n) is 9.79. The van der Waals surface area contributed by atoms with E-state index in [1.165, 1.54) is 0 Å². The molecule has 0 aromatic heterocycles. The van der Waals surface area contributed by atoms with Gasteiger partial charge >= 0.3 is 0 Å². The number of aliphatic hydroxyl groups excluding tert-OH is 1. The van der Waals surface area contributed by atoms with E-state index in [1.54, 1.807) is 36.1 Å². The van der Waals surface area contributed by atoms with Crippen molar-refractivity contribution in [1.29, 1.82) is 0 Å². The summed E-state index contributed by atoms with van der Waals surface area (Å²) in [5.41, 5.74) is 2.41. The van der Waals surface area contributed by atoms with Crippen LogP contribution in [0.4, 0.5) is 0 Å². The number of Topliss-reactive ketones (excluding diaryl/α,β-unsaturated/α-hetero) is 1. The third kappa shape index (κ3) is 3.47. The molecule has 1 fully saturated rings. The molecule has 1 N–H and O–H groups in total. The highest BCUT2D eigenvalue weighted by atomic mass is 16.3. The maximum atomic E-state index is 13.4. The van der Waals surface area contributed by atoms with Crippen LogP contribution in [-0.4, -0.2) is 33.8 Å². The predicted molar refractivity (Wildman–Crippen MR) is 111 cm³/mol. The molecule has 1 unspecified atom stereocenters. The summed E-state index contributed by atoms with van der Waals surface area (Å²) in [7, 11) is 0. The van der Waals surface area contributed by atoms with E-state index in [1.807, 2.05) is 66.7 Å². The Morgan fingerprint density at radius 2 is 1.28 bits per heavy atom. The van der Waals surface area contributed by atoms with Crippen molar-refractivity contribution in [2.24, 2.45) is 5.92 Å². The Kier molecular flexibility index (Phi) is 5.28. The minimum absolute atomic E-state index is 0.145. The molecule has 3 aromatic rings. The molecule has 0 aliphatic carbocycles. The summed E-state index contributed by atoms with van der Waals surface area (Å²) in [6, 6.07) is 27.3. The number of likely N-dealkylation sites (tertiary alicyclic amines) is 1.